The molecule has 3 heteroatoms. The van der Waals surface area contributed by atoms with Gasteiger partial charge >= 0.3 is 0 Å². The molecule has 0 atom stereocenters. The normalized spacial score (nSPS) is 18.1. The Bertz CT molecular complexity index is 357. The van der Waals surface area contributed by atoms with Crippen LogP contribution in [0.15, 0.2) is 30.3 Å². The van der Waals surface area contributed by atoms with Crippen molar-refractivity contribution >= 4 is 17.7 Å². The number of piperazine rings is 1. The maximum atomic E-state index is 5.92. The lowest BCUT2D eigenvalue weighted by molar-refractivity contribution is 0.265. The third-order valence-corrected chi connectivity index (χ3v) is 2.97. The van der Waals surface area contributed by atoms with Gasteiger partial charge in [0, 0.05) is 37.7 Å². The molecule has 1 aliphatic heterocycles. The van der Waals surface area contributed by atoms with Gasteiger partial charge in [-0.25, -0.2) is 0 Å². The van der Waals surface area contributed by atoms with Crippen molar-refractivity contribution in [3.8, 4) is 0 Å². The van der Waals surface area contributed by atoms with Crippen LogP contribution in [0.5, 0.6) is 0 Å². The van der Waals surface area contributed by atoms with E-state index >= 15 is 0 Å². The fourth-order valence-corrected chi connectivity index (χ4v) is 2.04. The molecule has 1 N–H and O–H groups in total. The molecule has 0 aromatic heterocycles. The van der Waals surface area contributed by atoms with E-state index in [-0.39, 0.29) is 0 Å². The van der Waals surface area contributed by atoms with Crippen LogP contribution in [0.4, 0.5) is 0 Å². The molecule has 0 amide bonds. The van der Waals surface area contributed by atoms with Gasteiger partial charge in [-0.1, -0.05) is 35.9 Å². The van der Waals surface area contributed by atoms with E-state index in [1.165, 1.54) is 5.56 Å². The largest absolute Gasteiger partial charge is 0.314 e. The van der Waals surface area contributed by atoms with Crippen LogP contribution in [0.3, 0.4) is 0 Å². The van der Waals surface area contributed by atoms with Gasteiger partial charge in [0.1, 0.15) is 0 Å². The predicted octanol–water partition coefficient (Wildman–Crippen LogP) is 2.26. The van der Waals surface area contributed by atoms with E-state index in [0.717, 1.165) is 37.7 Å². The van der Waals surface area contributed by atoms with E-state index in [9.17, 15) is 0 Å². The molecule has 1 aromatic rings. The van der Waals surface area contributed by atoms with Crippen LogP contribution in [-0.2, 0) is 0 Å². The second-order valence-electron chi connectivity index (χ2n) is 4.01. The second kappa shape index (κ2) is 6.04. The Labute approximate surface area is 102 Å². The molecular weight excluding hydrogens is 220 g/mol. The zero-order valence-electron chi connectivity index (χ0n) is 9.32. The van der Waals surface area contributed by atoms with Crippen molar-refractivity contribution in [3.05, 3.63) is 40.9 Å². The van der Waals surface area contributed by atoms with Crippen LogP contribution in [0.25, 0.3) is 6.08 Å². The topological polar surface area (TPSA) is 15.3 Å². The molecule has 86 valence electrons. The fraction of sp³-hybridized carbons (Fsp3) is 0.385. The summed E-state index contributed by atoms with van der Waals surface area (Å²) in [6, 6.07) is 7.93. The number of rotatable bonds is 3. The van der Waals surface area contributed by atoms with Crippen molar-refractivity contribution in [2.24, 2.45) is 0 Å². The quantitative estimate of drug-likeness (QED) is 0.866. The van der Waals surface area contributed by atoms with Crippen LogP contribution in [0.1, 0.15) is 5.56 Å². The minimum absolute atomic E-state index is 0.796. The summed E-state index contributed by atoms with van der Waals surface area (Å²) in [5, 5.41) is 4.14. The molecule has 1 saturated heterocycles. The summed E-state index contributed by atoms with van der Waals surface area (Å²) < 4.78 is 0. The minimum atomic E-state index is 0.796. The smallest absolute Gasteiger partial charge is 0.0411 e. The van der Waals surface area contributed by atoms with Gasteiger partial charge in [-0.2, -0.15) is 0 Å². The Kier molecular flexibility index (Phi) is 4.40. The van der Waals surface area contributed by atoms with E-state index in [4.69, 9.17) is 11.6 Å². The highest BCUT2D eigenvalue weighted by molar-refractivity contribution is 6.30. The molecule has 0 spiro atoms. The summed E-state index contributed by atoms with van der Waals surface area (Å²) in [4.78, 5) is 2.44. The van der Waals surface area contributed by atoms with Crippen LogP contribution >= 0.6 is 11.6 Å². The first kappa shape index (κ1) is 11.6. The molecule has 0 unspecified atom stereocenters. The molecule has 0 bridgehead atoms. The number of nitrogens with zero attached hydrogens (tertiary/aromatic N) is 1. The van der Waals surface area contributed by atoms with Crippen molar-refractivity contribution in [2.75, 3.05) is 32.7 Å². The van der Waals surface area contributed by atoms with Crippen LogP contribution in [0, 0.1) is 0 Å². The van der Waals surface area contributed by atoms with E-state index in [1.807, 2.05) is 18.2 Å². The second-order valence-corrected chi connectivity index (χ2v) is 4.44. The van der Waals surface area contributed by atoms with Gasteiger partial charge in [0.15, 0.2) is 0 Å². The zero-order chi connectivity index (χ0) is 11.2. The van der Waals surface area contributed by atoms with Crippen LogP contribution in [0.2, 0.25) is 5.02 Å². The molecule has 0 radical (unpaired) electrons. The number of hydrogen-bond acceptors (Lipinski definition) is 2. The number of hydrogen-bond donors (Lipinski definition) is 1. The lowest BCUT2D eigenvalue weighted by Gasteiger charge is -2.25. The molecule has 16 heavy (non-hydrogen) atoms. The van der Waals surface area contributed by atoms with Crippen LogP contribution in [-0.4, -0.2) is 37.6 Å². The first-order valence-electron chi connectivity index (χ1n) is 5.70. The van der Waals surface area contributed by atoms with E-state index < -0.39 is 0 Å². The number of benzene rings is 1. The Morgan fingerprint density at radius 1 is 1.31 bits per heavy atom. The monoisotopic (exact) mass is 236 g/mol. The number of nitrogens with one attached hydrogen (secondary N) is 1. The summed E-state index contributed by atoms with van der Waals surface area (Å²) >= 11 is 5.92. The van der Waals surface area contributed by atoms with Crippen molar-refractivity contribution in [3.63, 3.8) is 0 Å². The maximum Gasteiger partial charge on any atom is 0.0411 e. The zero-order valence-corrected chi connectivity index (χ0v) is 10.1. The first-order valence-corrected chi connectivity index (χ1v) is 6.07. The molecule has 1 aromatic carbocycles. The highest BCUT2D eigenvalue weighted by Gasteiger charge is 2.06. The Balaban J connectivity index is 1.84. The van der Waals surface area contributed by atoms with Crippen molar-refractivity contribution in [1.29, 1.82) is 0 Å². The molecule has 2 rings (SSSR count). The average molecular weight is 237 g/mol. The molecule has 0 saturated carbocycles. The SMILES string of the molecule is Clc1cccc(/C=C/CN2CCNCC2)c1. The van der Waals surface area contributed by atoms with Crippen molar-refractivity contribution in [1.82, 2.24) is 10.2 Å². The highest BCUT2D eigenvalue weighted by Crippen LogP contribution is 2.11. The summed E-state index contributed by atoms with van der Waals surface area (Å²) in [5.41, 5.74) is 1.17. The van der Waals surface area contributed by atoms with E-state index in [2.05, 4.69) is 28.4 Å². The van der Waals surface area contributed by atoms with Gasteiger partial charge in [-0.05, 0) is 17.7 Å². The third kappa shape index (κ3) is 3.63. The predicted molar refractivity (Wildman–Crippen MR) is 69.8 cm³/mol. The summed E-state index contributed by atoms with van der Waals surface area (Å²) in [6.07, 6.45) is 4.34. The highest BCUT2D eigenvalue weighted by atomic mass is 35.5. The Hall–Kier alpha value is -0.830. The molecule has 1 heterocycles. The van der Waals surface area contributed by atoms with Gasteiger partial charge < -0.3 is 5.32 Å². The standard InChI is InChI=1S/C13H17ClN2/c14-13-5-1-3-12(11-13)4-2-8-16-9-6-15-7-10-16/h1-5,11,15H,6-10H2/b4-2+. The lowest BCUT2D eigenvalue weighted by Crippen LogP contribution is -2.43. The lowest BCUT2D eigenvalue weighted by atomic mass is 10.2. The molecule has 1 aliphatic rings. The van der Waals surface area contributed by atoms with E-state index in [1.54, 1.807) is 0 Å². The van der Waals surface area contributed by atoms with Gasteiger partial charge in [-0.3, -0.25) is 4.90 Å². The number of halogens is 1. The van der Waals surface area contributed by atoms with Crippen LogP contribution < -0.4 is 5.32 Å². The van der Waals surface area contributed by atoms with Gasteiger partial charge in [-0.15, -0.1) is 0 Å². The molecule has 1 fully saturated rings. The molecule has 0 aliphatic carbocycles. The third-order valence-electron chi connectivity index (χ3n) is 2.73. The Morgan fingerprint density at radius 2 is 2.12 bits per heavy atom. The van der Waals surface area contributed by atoms with Crippen molar-refractivity contribution < 1.29 is 0 Å². The van der Waals surface area contributed by atoms with Gasteiger partial charge in [0.2, 0.25) is 0 Å². The molecular formula is C13H17ClN2. The summed E-state index contributed by atoms with van der Waals surface area (Å²) in [5.74, 6) is 0. The maximum absolute atomic E-state index is 5.92. The Morgan fingerprint density at radius 3 is 2.88 bits per heavy atom. The molecule has 2 nitrogen and oxygen atoms in total. The first-order chi connectivity index (χ1) is 7.84. The summed E-state index contributed by atoms with van der Waals surface area (Å²) in [6.45, 7) is 5.50. The summed E-state index contributed by atoms with van der Waals surface area (Å²) in [7, 11) is 0. The van der Waals surface area contributed by atoms with Crippen molar-refractivity contribution in [2.45, 2.75) is 0 Å². The minimum Gasteiger partial charge on any atom is -0.314 e. The van der Waals surface area contributed by atoms with E-state index in [0.29, 0.717) is 0 Å². The average Bonchev–Trinajstić information content (AvgIpc) is 2.30. The van der Waals surface area contributed by atoms with Gasteiger partial charge in [0.05, 0.1) is 0 Å². The fourth-order valence-electron chi connectivity index (χ4n) is 1.84. The van der Waals surface area contributed by atoms with Gasteiger partial charge in [0.25, 0.3) is 0 Å².